The van der Waals surface area contributed by atoms with Crippen LogP contribution in [-0.2, 0) is 6.54 Å². The molecule has 0 bridgehead atoms. The molecule has 2 fully saturated rings. The Kier molecular flexibility index (Phi) is 3.19. The Morgan fingerprint density at radius 3 is 2.44 bits per heavy atom. The van der Waals surface area contributed by atoms with E-state index in [9.17, 15) is 0 Å². The van der Waals surface area contributed by atoms with Crippen molar-refractivity contribution in [2.45, 2.75) is 51.6 Å². The summed E-state index contributed by atoms with van der Waals surface area (Å²) in [6.07, 6.45) is 5.66. The summed E-state index contributed by atoms with van der Waals surface area (Å²) in [7, 11) is 0. The number of rotatable bonds is 2. The van der Waals surface area contributed by atoms with Gasteiger partial charge in [0.1, 0.15) is 0 Å². The van der Waals surface area contributed by atoms with Gasteiger partial charge in [0.05, 0.1) is 0 Å². The number of hydrogen-bond donors (Lipinski definition) is 0. The smallest absolute Gasteiger partial charge is 0.0239 e. The van der Waals surface area contributed by atoms with E-state index in [-0.39, 0.29) is 0 Å². The summed E-state index contributed by atoms with van der Waals surface area (Å²) in [4.78, 5) is 2.78. The minimum Gasteiger partial charge on any atom is -0.293 e. The molecule has 1 aromatic rings. The van der Waals surface area contributed by atoms with E-state index >= 15 is 0 Å². The van der Waals surface area contributed by atoms with Crippen molar-refractivity contribution >= 4 is 0 Å². The van der Waals surface area contributed by atoms with Gasteiger partial charge in [-0.1, -0.05) is 44.2 Å². The third kappa shape index (κ3) is 2.09. The predicted molar refractivity (Wildman–Crippen MR) is 76.4 cm³/mol. The topological polar surface area (TPSA) is 3.24 Å². The fraction of sp³-hybridized carbons (Fsp3) is 0.647. The summed E-state index contributed by atoms with van der Waals surface area (Å²) in [6.45, 7) is 7.34. The van der Waals surface area contributed by atoms with Crippen molar-refractivity contribution in [1.29, 1.82) is 0 Å². The molecule has 3 rings (SSSR count). The maximum Gasteiger partial charge on any atom is 0.0239 e. The first kappa shape index (κ1) is 12.2. The van der Waals surface area contributed by atoms with Gasteiger partial charge in [0, 0.05) is 12.1 Å². The molecule has 1 nitrogen and oxygen atoms in total. The zero-order chi connectivity index (χ0) is 12.6. The summed E-state index contributed by atoms with van der Waals surface area (Å²) in [5, 5.41) is 0. The molecule has 0 amide bonds. The molecular formula is C17H25N. The van der Waals surface area contributed by atoms with E-state index in [4.69, 9.17) is 0 Å². The van der Waals surface area contributed by atoms with Gasteiger partial charge in [-0.2, -0.15) is 0 Å². The van der Waals surface area contributed by atoms with Crippen molar-refractivity contribution in [2.75, 3.05) is 6.54 Å². The molecule has 1 aromatic carbocycles. The SMILES string of the molecule is C[C@H]1CC2(CCCN2Cc2ccccc2)C[C@@H]1C. The van der Waals surface area contributed by atoms with Crippen LogP contribution in [0, 0.1) is 11.8 Å². The summed E-state index contributed by atoms with van der Waals surface area (Å²) in [6, 6.07) is 11.0. The summed E-state index contributed by atoms with van der Waals surface area (Å²) >= 11 is 0. The molecule has 1 aliphatic heterocycles. The quantitative estimate of drug-likeness (QED) is 0.756. The van der Waals surface area contributed by atoms with Gasteiger partial charge in [-0.25, -0.2) is 0 Å². The van der Waals surface area contributed by atoms with Crippen molar-refractivity contribution in [3.8, 4) is 0 Å². The molecule has 1 heterocycles. The van der Waals surface area contributed by atoms with Gasteiger partial charge >= 0.3 is 0 Å². The second-order valence-electron chi connectivity index (χ2n) is 6.60. The average Bonchev–Trinajstić information content (AvgIpc) is 2.86. The van der Waals surface area contributed by atoms with Gasteiger partial charge in [-0.05, 0) is 49.6 Å². The van der Waals surface area contributed by atoms with E-state index in [0.717, 1.165) is 18.4 Å². The molecule has 0 unspecified atom stereocenters. The first-order chi connectivity index (χ1) is 8.70. The Bertz CT molecular complexity index is 387. The first-order valence-electron chi connectivity index (χ1n) is 7.49. The second kappa shape index (κ2) is 4.70. The van der Waals surface area contributed by atoms with Crippen molar-refractivity contribution < 1.29 is 0 Å². The van der Waals surface area contributed by atoms with E-state index in [1.165, 1.54) is 37.8 Å². The molecule has 0 N–H and O–H groups in total. The van der Waals surface area contributed by atoms with Crippen molar-refractivity contribution in [1.82, 2.24) is 4.90 Å². The van der Waals surface area contributed by atoms with Crippen molar-refractivity contribution in [3.05, 3.63) is 35.9 Å². The maximum atomic E-state index is 2.78. The van der Waals surface area contributed by atoms with Crippen LogP contribution in [-0.4, -0.2) is 17.0 Å². The monoisotopic (exact) mass is 243 g/mol. The largest absolute Gasteiger partial charge is 0.293 e. The zero-order valence-corrected chi connectivity index (χ0v) is 11.7. The average molecular weight is 243 g/mol. The molecule has 0 aromatic heterocycles. The standard InChI is InChI=1S/C17H25N/c1-14-11-17(12-15(14)2)9-6-10-18(17)13-16-7-4-3-5-8-16/h3-5,7-8,14-15H,6,9-13H2,1-2H3/t14-,15-/m0/s1. The van der Waals surface area contributed by atoms with E-state index in [2.05, 4.69) is 49.1 Å². The normalized spacial score (nSPS) is 31.2. The highest BCUT2D eigenvalue weighted by molar-refractivity contribution is 5.16. The lowest BCUT2D eigenvalue weighted by atomic mass is 9.92. The molecule has 1 saturated heterocycles. The summed E-state index contributed by atoms with van der Waals surface area (Å²) < 4.78 is 0. The molecule has 0 radical (unpaired) electrons. The highest BCUT2D eigenvalue weighted by atomic mass is 15.2. The van der Waals surface area contributed by atoms with Gasteiger partial charge in [0.2, 0.25) is 0 Å². The fourth-order valence-electron chi connectivity index (χ4n) is 4.19. The van der Waals surface area contributed by atoms with Crippen LogP contribution in [0.15, 0.2) is 30.3 Å². The van der Waals surface area contributed by atoms with Crippen LogP contribution in [0.4, 0.5) is 0 Å². The second-order valence-corrected chi connectivity index (χ2v) is 6.60. The van der Waals surface area contributed by atoms with Crippen LogP contribution in [0.3, 0.4) is 0 Å². The van der Waals surface area contributed by atoms with E-state index in [1.54, 1.807) is 0 Å². The molecule has 1 heteroatoms. The Labute approximate surface area is 111 Å². The van der Waals surface area contributed by atoms with Crippen LogP contribution in [0.25, 0.3) is 0 Å². The molecule has 1 saturated carbocycles. The fourth-order valence-corrected chi connectivity index (χ4v) is 4.19. The molecule has 1 spiro atoms. The predicted octanol–water partition coefficient (Wildman–Crippen LogP) is 4.09. The third-order valence-electron chi connectivity index (χ3n) is 5.33. The van der Waals surface area contributed by atoms with Crippen LogP contribution in [0.5, 0.6) is 0 Å². The van der Waals surface area contributed by atoms with E-state index in [1.807, 2.05) is 0 Å². The molecule has 98 valence electrons. The van der Waals surface area contributed by atoms with Gasteiger partial charge in [-0.15, -0.1) is 0 Å². The summed E-state index contributed by atoms with van der Waals surface area (Å²) in [5.74, 6) is 1.81. The molecular weight excluding hydrogens is 218 g/mol. The van der Waals surface area contributed by atoms with Crippen molar-refractivity contribution in [3.63, 3.8) is 0 Å². The minimum atomic E-state index is 0.536. The Balaban J connectivity index is 1.76. The Hall–Kier alpha value is -0.820. The maximum absolute atomic E-state index is 2.78. The number of nitrogens with zero attached hydrogens (tertiary/aromatic N) is 1. The first-order valence-corrected chi connectivity index (χ1v) is 7.49. The van der Waals surface area contributed by atoms with Gasteiger partial charge in [-0.3, -0.25) is 4.90 Å². The van der Waals surface area contributed by atoms with Gasteiger partial charge in [0.15, 0.2) is 0 Å². The number of hydrogen-bond acceptors (Lipinski definition) is 1. The number of benzene rings is 1. The highest BCUT2D eigenvalue weighted by Gasteiger charge is 2.47. The lowest BCUT2D eigenvalue weighted by Crippen LogP contribution is -2.41. The minimum absolute atomic E-state index is 0.536. The van der Waals surface area contributed by atoms with E-state index in [0.29, 0.717) is 5.54 Å². The third-order valence-corrected chi connectivity index (χ3v) is 5.33. The Morgan fingerprint density at radius 2 is 1.78 bits per heavy atom. The summed E-state index contributed by atoms with van der Waals surface area (Å²) in [5.41, 5.74) is 2.01. The van der Waals surface area contributed by atoms with Crippen LogP contribution >= 0.6 is 0 Å². The van der Waals surface area contributed by atoms with Gasteiger partial charge < -0.3 is 0 Å². The van der Waals surface area contributed by atoms with Crippen LogP contribution in [0.2, 0.25) is 0 Å². The number of likely N-dealkylation sites (tertiary alicyclic amines) is 1. The van der Waals surface area contributed by atoms with Crippen LogP contribution in [0.1, 0.15) is 45.1 Å². The molecule has 2 atom stereocenters. The molecule has 18 heavy (non-hydrogen) atoms. The van der Waals surface area contributed by atoms with E-state index < -0.39 is 0 Å². The molecule has 1 aliphatic carbocycles. The van der Waals surface area contributed by atoms with Crippen molar-refractivity contribution in [2.24, 2.45) is 11.8 Å². The Morgan fingerprint density at radius 1 is 1.11 bits per heavy atom. The lowest BCUT2D eigenvalue weighted by molar-refractivity contribution is 0.129. The molecule has 2 aliphatic rings. The highest BCUT2D eigenvalue weighted by Crippen LogP contribution is 2.48. The van der Waals surface area contributed by atoms with Gasteiger partial charge in [0.25, 0.3) is 0 Å². The lowest BCUT2D eigenvalue weighted by Gasteiger charge is -2.35. The van der Waals surface area contributed by atoms with Crippen LogP contribution < -0.4 is 0 Å². The zero-order valence-electron chi connectivity index (χ0n) is 11.7.